The lowest BCUT2D eigenvalue weighted by molar-refractivity contribution is -0.160. The van der Waals surface area contributed by atoms with Gasteiger partial charge in [0.1, 0.15) is 18.5 Å². The molecule has 9 nitrogen and oxygen atoms in total. The van der Waals surface area contributed by atoms with Crippen LogP contribution in [-0.2, 0) is 27.3 Å². The number of ketones is 1. The van der Waals surface area contributed by atoms with Gasteiger partial charge in [0.15, 0.2) is 16.9 Å². The zero-order chi connectivity index (χ0) is 29.2. The number of hydrogen-bond donors (Lipinski definition) is 2. The van der Waals surface area contributed by atoms with E-state index in [0.717, 1.165) is 50.5 Å². The molecule has 0 spiro atoms. The van der Waals surface area contributed by atoms with Crippen LogP contribution in [-0.4, -0.2) is 37.4 Å². The summed E-state index contributed by atoms with van der Waals surface area (Å²) in [4.78, 5) is 49.8. The Hall–Kier alpha value is -3.75. The lowest BCUT2D eigenvalue weighted by Gasteiger charge is -2.57. The number of hydrogen-bond acceptors (Lipinski definition) is 7. The highest BCUT2D eigenvalue weighted by Gasteiger charge is 2.60. The topological polar surface area (TPSA) is 133 Å². The predicted molar refractivity (Wildman–Crippen MR) is 158 cm³/mol. The van der Waals surface area contributed by atoms with E-state index in [1.165, 1.54) is 5.57 Å². The monoisotopic (exact) mass is 569 g/mol. The minimum atomic E-state index is -0.427. The van der Waals surface area contributed by atoms with Crippen LogP contribution in [0.1, 0.15) is 76.6 Å². The quantitative estimate of drug-likeness (QED) is 0.424. The molecule has 0 saturated heterocycles. The lowest BCUT2D eigenvalue weighted by Crippen LogP contribution is -2.51. The van der Waals surface area contributed by atoms with Crippen LogP contribution in [0.15, 0.2) is 46.8 Å². The third kappa shape index (κ3) is 4.31. The Balaban J connectivity index is 1.12. The molecule has 3 N–H and O–H groups in total. The number of anilines is 1. The van der Waals surface area contributed by atoms with Gasteiger partial charge in [-0.25, -0.2) is 4.98 Å². The SMILES string of the molecule is C[C@]12CCC(=O)C=C1CCC1C2CC[C@@]2(C)C1CC[C@@H]2OC(=O)Cn1c(Cc2ccccc2)nc2c(=O)[nH]c(N)nc21. The van der Waals surface area contributed by atoms with Crippen LogP contribution in [0.25, 0.3) is 11.2 Å². The largest absolute Gasteiger partial charge is 0.460 e. The molecule has 2 aromatic heterocycles. The van der Waals surface area contributed by atoms with Gasteiger partial charge in [-0.05, 0) is 79.8 Å². The summed E-state index contributed by atoms with van der Waals surface area (Å²) in [7, 11) is 0. The second-order valence-corrected chi connectivity index (χ2v) is 13.5. The number of benzene rings is 1. The number of ether oxygens (including phenoxy) is 1. The highest BCUT2D eigenvalue weighted by atomic mass is 16.5. The average molecular weight is 570 g/mol. The molecular formula is C33H39N5O4. The van der Waals surface area contributed by atoms with Crippen molar-refractivity contribution in [3.8, 4) is 0 Å². The Morgan fingerprint density at radius 1 is 1.05 bits per heavy atom. The Kier molecular flexibility index (Phi) is 6.40. The van der Waals surface area contributed by atoms with Gasteiger partial charge >= 0.3 is 5.97 Å². The van der Waals surface area contributed by atoms with Gasteiger partial charge in [-0.15, -0.1) is 0 Å². The maximum absolute atomic E-state index is 13.6. The number of nitrogen functional groups attached to an aromatic ring is 1. The Bertz CT molecular complexity index is 1660. The molecule has 7 rings (SSSR count). The van der Waals surface area contributed by atoms with Gasteiger partial charge < -0.3 is 15.0 Å². The second-order valence-electron chi connectivity index (χ2n) is 13.5. The Morgan fingerprint density at radius 2 is 1.86 bits per heavy atom. The summed E-state index contributed by atoms with van der Waals surface area (Å²) in [6, 6.07) is 9.81. The van der Waals surface area contributed by atoms with Crippen molar-refractivity contribution in [2.45, 2.75) is 84.3 Å². The van der Waals surface area contributed by atoms with Crippen molar-refractivity contribution in [2.24, 2.45) is 28.6 Å². The molecule has 42 heavy (non-hydrogen) atoms. The maximum Gasteiger partial charge on any atom is 0.326 e. The number of allylic oxidation sites excluding steroid dienone is 1. The van der Waals surface area contributed by atoms with Crippen molar-refractivity contribution in [3.63, 3.8) is 0 Å². The van der Waals surface area contributed by atoms with E-state index >= 15 is 0 Å². The van der Waals surface area contributed by atoms with E-state index in [-0.39, 0.29) is 46.7 Å². The van der Waals surface area contributed by atoms with E-state index in [0.29, 0.717) is 42.1 Å². The van der Waals surface area contributed by atoms with E-state index in [2.05, 4.69) is 28.8 Å². The number of nitrogens with zero attached hydrogens (tertiary/aromatic N) is 3. The van der Waals surface area contributed by atoms with Crippen LogP contribution in [0.2, 0.25) is 0 Å². The number of aromatic amines is 1. The molecule has 3 aromatic rings. The standard InChI is InChI=1S/C33H39N5O4/c1-32-14-12-21(39)17-20(32)8-9-22-23-10-11-25(33(23,2)15-13-24(22)32)42-27(40)18-38-26(16-19-6-4-3-5-7-19)35-28-29(38)36-31(34)37-30(28)41/h3-7,17,22-25H,8-16,18H2,1-2H3,(H3,34,36,37,41)/t22?,23?,24?,25-,32-,33-/m0/s1. The molecule has 0 bridgehead atoms. The summed E-state index contributed by atoms with van der Waals surface area (Å²) >= 11 is 0. The van der Waals surface area contributed by atoms with Gasteiger partial charge in [-0.3, -0.25) is 19.4 Å². The Labute approximate surface area is 245 Å². The first-order valence-electron chi connectivity index (χ1n) is 15.4. The van der Waals surface area contributed by atoms with Crippen LogP contribution in [0.5, 0.6) is 0 Å². The summed E-state index contributed by atoms with van der Waals surface area (Å²) in [6.45, 7) is 4.63. The van der Waals surface area contributed by atoms with E-state index in [4.69, 9.17) is 10.5 Å². The molecule has 220 valence electrons. The summed E-state index contributed by atoms with van der Waals surface area (Å²) in [5, 5.41) is 0. The smallest absolute Gasteiger partial charge is 0.326 e. The van der Waals surface area contributed by atoms with Crippen molar-refractivity contribution in [1.29, 1.82) is 0 Å². The molecule has 0 amide bonds. The number of rotatable bonds is 5. The minimum Gasteiger partial charge on any atom is -0.460 e. The van der Waals surface area contributed by atoms with Gasteiger partial charge in [-0.2, -0.15) is 4.98 Å². The molecule has 9 heteroatoms. The average Bonchev–Trinajstić information content (AvgIpc) is 3.46. The molecule has 2 heterocycles. The molecule has 4 aliphatic carbocycles. The van der Waals surface area contributed by atoms with Crippen LogP contribution in [0.4, 0.5) is 5.95 Å². The zero-order valence-corrected chi connectivity index (χ0v) is 24.4. The molecule has 3 saturated carbocycles. The molecule has 3 fully saturated rings. The normalized spacial score (nSPS) is 32.1. The number of fused-ring (bicyclic) bond motifs is 6. The summed E-state index contributed by atoms with van der Waals surface area (Å²) in [6.07, 6.45) is 10.0. The van der Waals surface area contributed by atoms with Crippen molar-refractivity contribution >= 4 is 28.9 Å². The van der Waals surface area contributed by atoms with Gasteiger partial charge in [0, 0.05) is 18.3 Å². The number of H-pyrrole nitrogens is 1. The van der Waals surface area contributed by atoms with Crippen LogP contribution in [0.3, 0.4) is 0 Å². The number of carbonyl (C=O) groups is 2. The first kappa shape index (κ1) is 27.1. The number of nitrogens with one attached hydrogen (secondary N) is 1. The van der Waals surface area contributed by atoms with Crippen LogP contribution >= 0.6 is 0 Å². The maximum atomic E-state index is 13.6. The highest BCUT2D eigenvalue weighted by Crippen LogP contribution is 2.65. The molecule has 6 atom stereocenters. The number of esters is 1. The highest BCUT2D eigenvalue weighted by molar-refractivity contribution is 5.91. The number of carbonyl (C=O) groups excluding carboxylic acids is 2. The first-order valence-corrected chi connectivity index (χ1v) is 15.4. The first-order chi connectivity index (χ1) is 20.2. The van der Waals surface area contributed by atoms with Gasteiger partial charge in [0.05, 0.1) is 0 Å². The second kappa shape index (κ2) is 9.92. The van der Waals surface area contributed by atoms with Gasteiger partial charge in [0.2, 0.25) is 5.95 Å². The summed E-state index contributed by atoms with van der Waals surface area (Å²) in [5.41, 5.74) is 8.34. The van der Waals surface area contributed by atoms with Crippen molar-refractivity contribution in [2.75, 3.05) is 5.73 Å². The van der Waals surface area contributed by atoms with Gasteiger partial charge in [0.25, 0.3) is 5.56 Å². The number of nitrogens with two attached hydrogens (primary N) is 1. The fourth-order valence-electron chi connectivity index (χ4n) is 9.18. The predicted octanol–water partition coefficient (Wildman–Crippen LogP) is 4.74. The fraction of sp³-hybridized carbons (Fsp3) is 0.545. The van der Waals surface area contributed by atoms with E-state index in [1.54, 1.807) is 4.57 Å². The third-order valence-electron chi connectivity index (χ3n) is 11.3. The minimum absolute atomic E-state index is 0.0160. The van der Waals surface area contributed by atoms with E-state index in [9.17, 15) is 14.4 Å². The number of imidazole rings is 1. The molecule has 4 aliphatic rings. The van der Waals surface area contributed by atoms with Gasteiger partial charge in [-0.1, -0.05) is 49.8 Å². The number of aromatic nitrogens is 4. The Morgan fingerprint density at radius 3 is 2.67 bits per heavy atom. The molecule has 0 radical (unpaired) electrons. The van der Waals surface area contributed by atoms with E-state index < -0.39 is 5.56 Å². The van der Waals surface area contributed by atoms with Crippen molar-refractivity contribution in [3.05, 3.63) is 63.7 Å². The summed E-state index contributed by atoms with van der Waals surface area (Å²) in [5.74, 6) is 2.19. The lowest BCUT2D eigenvalue weighted by atomic mass is 9.47. The fourth-order valence-corrected chi connectivity index (χ4v) is 9.18. The van der Waals surface area contributed by atoms with Crippen LogP contribution < -0.4 is 11.3 Å². The van der Waals surface area contributed by atoms with Crippen molar-refractivity contribution < 1.29 is 14.3 Å². The van der Waals surface area contributed by atoms with Crippen molar-refractivity contribution in [1.82, 2.24) is 19.5 Å². The molecular weight excluding hydrogens is 530 g/mol. The molecule has 1 aromatic carbocycles. The summed E-state index contributed by atoms with van der Waals surface area (Å²) < 4.78 is 7.99. The third-order valence-corrected chi connectivity index (χ3v) is 11.3. The van der Waals surface area contributed by atoms with E-state index in [1.807, 2.05) is 36.4 Å². The van der Waals surface area contributed by atoms with Crippen LogP contribution in [0, 0.1) is 28.6 Å². The zero-order valence-electron chi connectivity index (χ0n) is 24.4. The molecule has 3 unspecified atom stereocenters. The molecule has 0 aliphatic heterocycles.